The van der Waals surface area contributed by atoms with Crippen LogP contribution in [0.3, 0.4) is 0 Å². The summed E-state index contributed by atoms with van der Waals surface area (Å²) in [5.41, 5.74) is 2.21. The topological polar surface area (TPSA) is 76.7 Å². The number of hydrogen-bond acceptors (Lipinski definition) is 4. The van der Waals surface area contributed by atoms with E-state index in [4.69, 9.17) is 9.47 Å². The molecule has 0 unspecified atom stereocenters. The lowest BCUT2D eigenvalue weighted by molar-refractivity contribution is -0.125. The smallest absolute Gasteiger partial charge is 0.253 e. The van der Waals surface area contributed by atoms with Crippen molar-refractivity contribution in [2.75, 3.05) is 23.8 Å². The van der Waals surface area contributed by atoms with Crippen LogP contribution in [0.15, 0.2) is 18.2 Å². The lowest BCUT2D eigenvalue weighted by Gasteiger charge is -2.16. The zero-order chi connectivity index (χ0) is 18.2. The number of benzene rings is 1. The predicted octanol–water partition coefficient (Wildman–Crippen LogP) is 3.26. The van der Waals surface area contributed by atoms with Gasteiger partial charge in [0.25, 0.3) is 11.8 Å². The van der Waals surface area contributed by atoms with Crippen LogP contribution in [0.4, 0.5) is 11.4 Å². The van der Waals surface area contributed by atoms with Crippen molar-refractivity contribution in [3.05, 3.63) is 23.8 Å². The van der Waals surface area contributed by atoms with Gasteiger partial charge in [-0.25, -0.2) is 0 Å². The molecule has 1 aromatic rings. The first kappa shape index (κ1) is 19.4. The van der Waals surface area contributed by atoms with E-state index in [0.717, 1.165) is 31.2 Å². The van der Waals surface area contributed by atoms with Gasteiger partial charge in [0.05, 0.1) is 0 Å². The number of carbonyl (C=O) groups excluding carboxylic acids is 2. The van der Waals surface area contributed by atoms with Gasteiger partial charge in [-0.1, -0.05) is 19.9 Å². The molecule has 2 fully saturated rings. The normalized spacial score (nSPS) is 22.0. The molecule has 2 heterocycles. The molecule has 3 rings (SSSR count). The van der Waals surface area contributed by atoms with E-state index in [-0.39, 0.29) is 24.0 Å². The van der Waals surface area contributed by atoms with E-state index in [1.54, 1.807) is 0 Å². The molecule has 2 saturated heterocycles. The second-order valence-corrected chi connectivity index (χ2v) is 5.96. The number of carbonyl (C=O) groups is 2. The molecule has 2 aliphatic heterocycles. The van der Waals surface area contributed by atoms with Crippen LogP contribution in [-0.2, 0) is 19.1 Å². The number of nitrogens with one attached hydrogen (secondary N) is 2. The highest BCUT2D eigenvalue weighted by molar-refractivity contribution is 5.98. The summed E-state index contributed by atoms with van der Waals surface area (Å²) in [6.07, 6.45) is 2.57. The van der Waals surface area contributed by atoms with E-state index in [2.05, 4.69) is 10.6 Å². The van der Waals surface area contributed by atoms with E-state index in [1.165, 1.54) is 0 Å². The Morgan fingerprint density at radius 1 is 0.920 bits per heavy atom. The summed E-state index contributed by atoms with van der Waals surface area (Å²) in [5.74, 6) is -0.263. The maximum atomic E-state index is 12.2. The van der Waals surface area contributed by atoms with Crippen molar-refractivity contribution in [3.8, 4) is 0 Å². The highest BCUT2D eigenvalue weighted by Gasteiger charge is 2.25. The lowest BCUT2D eigenvalue weighted by Crippen LogP contribution is -2.28. The Labute approximate surface area is 149 Å². The van der Waals surface area contributed by atoms with Crippen molar-refractivity contribution in [1.29, 1.82) is 0 Å². The molecule has 2 aliphatic rings. The summed E-state index contributed by atoms with van der Waals surface area (Å²) in [7, 11) is 0. The predicted molar refractivity (Wildman–Crippen MR) is 97.7 cm³/mol. The molecule has 2 atom stereocenters. The molecule has 0 spiro atoms. The first-order valence-electron chi connectivity index (χ1n) is 9.09. The van der Waals surface area contributed by atoms with Crippen molar-refractivity contribution >= 4 is 23.2 Å². The largest absolute Gasteiger partial charge is 0.368 e. The van der Waals surface area contributed by atoms with Crippen molar-refractivity contribution in [3.63, 3.8) is 0 Å². The Morgan fingerprint density at radius 2 is 1.36 bits per heavy atom. The molecule has 1 aromatic carbocycles. The molecule has 0 aromatic heterocycles. The minimum Gasteiger partial charge on any atom is -0.368 e. The molecule has 0 saturated carbocycles. The van der Waals surface area contributed by atoms with Crippen LogP contribution in [0, 0.1) is 6.92 Å². The standard InChI is InChI=1S/C17H22N2O4.C2H6/c1-11-12(18-16(20)14-7-3-9-22-14)5-2-6-13(11)19-17(21)15-8-4-10-23-15;1-2/h2,5-6,14-15H,3-4,7-10H2,1H3,(H,18,20)(H,19,21);1-2H3/t14-,15-;/m0./s1. The van der Waals surface area contributed by atoms with Crippen LogP contribution in [0.25, 0.3) is 0 Å². The minimum absolute atomic E-state index is 0.131. The van der Waals surface area contributed by atoms with Crippen molar-refractivity contribution in [1.82, 2.24) is 0 Å². The van der Waals surface area contributed by atoms with E-state index in [1.807, 2.05) is 39.0 Å². The second-order valence-electron chi connectivity index (χ2n) is 5.96. The van der Waals surface area contributed by atoms with Gasteiger partial charge in [-0.15, -0.1) is 0 Å². The van der Waals surface area contributed by atoms with Gasteiger partial charge in [0.2, 0.25) is 0 Å². The van der Waals surface area contributed by atoms with Crippen LogP contribution < -0.4 is 10.6 Å². The SMILES string of the molecule is CC.Cc1c(NC(=O)[C@@H]2CCCO2)cccc1NC(=O)[C@@H]1CCCO1. The highest BCUT2D eigenvalue weighted by Crippen LogP contribution is 2.25. The van der Waals surface area contributed by atoms with Crippen LogP contribution in [0.2, 0.25) is 0 Å². The van der Waals surface area contributed by atoms with Crippen molar-refractivity contribution in [2.24, 2.45) is 0 Å². The first-order valence-corrected chi connectivity index (χ1v) is 9.09. The van der Waals surface area contributed by atoms with Gasteiger partial charge in [-0.3, -0.25) is 9.59 Å². The van der Waals surface area contributed by atoms with Crippen molar-refractivity contribution < 1.29 is 19.1 Å². The van der Waals surface area contributed by atoms with Crippen LogP contribution in [0.5, 0.6) is 0 Å². The van der Waals surface area contributed by atoms with Gasteiger partial charge in [0, 0.05) is 24.6 Å². The van der Waals surface area contributed by atoms with Crippen LogP contribution in [0.1, 0.15) is 45.1 Å². The fraction of sp³-hybridized carbons (Fsp3) is 0.579. The number of hydrogen-bond donors (Lipinski definition) is 2. The Kier molecular flexibility index (Phi) is 7.40. The van der Waals surface area contributed by atoms with E-state index < -0.39 is 0 Å². The number of amides is 2. The zero-order valence-corrected chi connectivity index (χ0v) is 15.3. The summed E-state index contributed by atoms with van der Waals surface area (Å²) in [6, 6.07) is 5.46. The van der Waals surface area contributed by atoms with E-state index in [9.17, 15) is 9.59 Å². The van der Waals surface area contributed by atoms with Gasteiger partial charge in [0.15, 0.2) is 0 Å². The molecule has 25 heavy (non-hydrogen) atoms. The molecule has 2 N–H and O–H groups in total. The summed E-state index contributed by atoms with van der Waals surface area (Å²) in [5, 5.41) is 5.78. The Balaban J connectivity index is 0.00000109. The Morgan fingerprint density at radius 3 is 1.72 bits per heavy atom. The van der Waals surface area contributed by atoms with E-state index >= 15 is 0 Å². The summed E-state index contributed by atoms with van der Waals surface area (Å²) >= 11 is 0. The minimum atomic E-state index is -0.375. The molecule has 6 nitrogen and oxygen atoms in total. The third-order valence-electron chi connectivity index (χ3n) is 4.29. The molecule has 2 amide bonds. The van der Waals surface area contributed by atoms with Gasteiger partial charge >= 0.3 is 0 Å². The lowest BCUT2D eigenvalue weighted by atomic mass is 10.1. The molecule has 6 heteroatoms. The molecular formula is C19H28N2O4. The third-order valence-corrected chi connectivity index (χ3v) is 4.29. The molecule has 0 radical (unpaired) electrons. The summed E-state index contributed by atoms with van der Waals surface area (Å²) in [4.78, 5) is 24.3. The summed E-state index contributed by atoms with van der Waals surface area (Å²) < 4.78 is 10.8. The molecule has 0 aliphatic carbocycles. The maximum Gasteiger partial charge on any atom is 0.253 e. The highest BCUT2D eigenvalue weighted by atomic mass is 16.5. The fourth-order valence-electron chi connectivity index (χ4n) is 2.90. The second kappa shape index (κ2) is 9.53. The van der Waals surface area contributed by atoms with Crippen LogP contribution in [-0.4, -0.2) is 37.2 Å². The monoisotopic (exact) mass is 348 g/mol. The van der Waals surface area contributed by atoms with Crippen LogP contribution >= 0.6 is 0 Å². The molecule has 138 valence electrons. The quantitative estimate of drug-likeness (QED) is 0.876. The third kappa shape index (κ3) is 5.03. The van der Waals surface area contributed by atoms with E-state index in [0.29, 0.717) is 24.6 Å². The number of rotatable bonds is 4. The average Bonchev–Trinajstić information content (AvgIpc) is 3.33. The number of anilines is 2. The Hall–Kier alpha value is -1.92. The fourth-order valence-corrected chi connectivity index (χ4v) is 2.90. The molecule has 0 bridgehead atoms. The zero-order valence-electron chi connectivity index (χ0n) is 15.3. The van der Waals surface area contributed by atoms with Gasteiger partial charge in [0.1, 0.15) is 12.2 Å². The number of ether oxygens (including phenoxy) is 2. The average molecular weight is 348 g/mol. The maximum absolute atomic E-state index is 12.2. The van der Waals surface area contributed by atoms with Gasteiger partial charge < -0.3 is 20.1 Å². The first-order chi connectivity index (χ1) is 12.1. The molecular weight excluding hydrogens is 320 g/mol. The summed E-state index contributed by atoms with van der Waals surface area (Å²) in [6.45, 7) is 7.14. The van der Waals surface area contributed by atoms with Gasteiger partial charge in [-0.2, -0.15) is 0 Å². The van der Waals surface area contributed by atoms with Crippen molar-refractivity contribution in [2.45, 2.75) is 58.7 Å². The Bertz CT molecular complexity index is 543. The van der Waals surface area contributed by atoms with Gasteiger partial charge in [-0.05, 0) is 50.3 Å².